The average Bonchev–Trinajstić information content (AvgIpc) is 3.17. The summed E-state index contributed by atoms with van der Waals surface area (Å²) in [6.45, 7) is 8.39. The van der Waals surface area contributed by atoms with Crippen molar-refractivity contribution in [3.63, 3.8) is 0 Å². The molecule has 1 saturated heterocycles. The lowest BCUT2D eigenvalue weighted by Crippen LogP contribution is -2.40. The highest BCUT2D eigenvalue weighted by Gasteiger charge is 2.19. The lowest BCUT2D eigenvalue weighted by molar-refractivity contribution is -0.128. The van der Waals surface area contributed by atoms with E-state index in [0.29, 0.717) is 26.1 Å². The van der Waals surface area contributed by atoms with Gasteiger partial charge in [0, 0.05) is 33.1 Å². The monoisotopic (exact) mass is 422 g/mol. The largest absolute Gasteiger partial charge is 0.491 e. The van der Waals surface area contributed by atoms with E-state index >= 15 is 0 Å². The van der Waals surface area contributed by atoms with Crippen LogP contribution in [0.25, 0.3) is 0 Å². The van der Waals surface area contributed by atoms with Gasteiger partial charge in [0.1, 0.15) is 12.4 Å². The molecule has 1 aliphatic heterocycles. The van der Waals surface area contributed by atoms with Crippen molar-refractivity contribution in [2.45, 2.75) is 39.8 Å². The predicted octanol–water partition coefficient (Wildman–Crippen LogP) is 3.59. The van der Waals surface area contributed by atoms with Gasteiger partial charge in [-0.1, -0.05) is 42.5 Å². The number of carbonyl (C=O) groups is 1. The topological polar surface area (TPSA) is 57.2 Å². The summed E-state index contributed by atoms with van der Waals surface area (Å²) < 4.78 is 5.93. The quantitative estimate of drug-likeness (QED) is 0.496. The van der Waals surface area contributed by atoms with E-state index in [2.05, 4.69) is 48.3 Å². The van der Waals surface area contributed by atoms with Crippen LogP contribution in [0, 0.1) is 6.92 Å². The lowest BCUT2D eigenvalue weighted by atomic mass is 10.1. The number of likely N-dealkylation sites (N-methyl/N-ethyl adjacent to an activating group) is 1. The highest BCUT2D eigenvalue weighted by atomic mass is 16.5. The third-order valence-corrected chi connectivity index (χ3v) is 5.42. The highest BCUT2D eigenvalue weighted by Crippen LogP contribution is 2.17. The van der Waals surface area contributed by atoms with E-state index in [9.17, 15) is 4.79 Å². The Balaban J connectivity index is 1.56. The first kappa shape index (κ1) is 22.7. The van der Waals surface area contributed by atoms with Crippen molar-refractivity contribution < 1.29 is 9.53 Å². The van der Waals surface area contributed by atoms with Gasteiger partial charge in [0.25, 0.3) is 0 Å². The molecule has 0 spiro atoms. The zero-order chi connectivity index (χ0) is 22.1. The molecule has 0 bridgehead atoms. The molecule has 1 fully saturated rings. The number of hydrogen-bond donors (Lipinski definition) is 1. The van der Waals surface area contributed by atoms with Gasteiger partial charge < -0.3 is 19.9 Å². The number of guanidine groups is 1. The third kappa shape index (κ3) is 6.74. The Bertz CT molecular complexity index is 897. The molecule has 0 radical (unpaired) electrons. The molecule has 0 saturated carbocycles. The first-order valence-corrected chi connectivity index (χ1v) is 11.1. The van der Waals surface area contributed by atoms with Crippen LogP contribution in [0.1, 0.15) is 36.5 Å². The number of rotatable bonds is 9. The number of aliphatic imine (C=N–C) groups is 1. The van der Waals surface area contributed by atoms with E-state index in [0.717, 1.165) is 54.5 Å². The minimum atomic E-state index is 0.257. The molecule has 0 unspecified atom stereocenters. The zero-order valence-corrected chi connectivity index (χ0v) is 18.9. The molecule has 2 aromatic rings. The molecule has 31 heavy (non-hydrogen) atoms. The Labute approximate surface area is 185 Å². The minimum absolute atomic E-state index is 0.257. The molecule has 1 heterocycles. The van der Waals surface area contributed by atoms with Gasteiger partial charge in [0.15, 0.2) is 5.96 Å². The summed E-state index contributed by atoms with van der Waals surface area (Å²) in [5, 5.41) is 3.36. The Morgan fingerprint density at radius 1 is 1.19 bits per heavy atom. The number of likely N-dealkylation sites (tertiary alicyclic amines) is 1. The molecule has 6 nitrogen and oxygen atoms in total. The summed E-state index contributed by atoms with van der Waals surface area (Å²) in [5.74, 6) is 2.04. The molecule has 2 aromatic carbocycles. The van der Waals surface area contributed by atoms with E-state index in [1.807, 2.05) is 36.2 Å². The molecule has 166 valence electrons. The molecule has 3 rings (SSSR count). The van der Waals surface area contributed by atoms with Gasteiger partial charge in [0.2, 0.25) is 5.91 Å². The molecule has 0 aliphatic carbocycles. The van der Waals surface area contributed by atoms with Gasteiger partial charge in [-0.25, -0.2) is 4.99 Å². The van der Waals surface area contributed by atoms with Gasteiger partial charge >= 0.3 is 0 Å². The number of para-hydroxylation sites is 1. The lowest BCUT2D eigenvalue weighted by Gasteiger charge is -2.22. The van der Waals surface area contributed by atoms with Crippen molar-refractivity contribution in [3.8, 4) is 5.75 Å². The summed E-state index contributed by atoms with van der Waals surface area (Å²) in [6, 6.07) is 16.4. The number of benzene rings is 2. The fourth-order valence-electron chi connectivity index (χ4n) is 3.67. The Morgan fingerprint density at radius 2 is 2.00 bits per heavy atom. The van der Waals surface area contributed by atoms with Crippen LogP contribution in [0.4, 0.5) is 0 Å². The maximum absolute atomic E-state index is 11.9. The van der Waals surface area contributed by atoms with Crippen molar-refractivity contribution in [1.29, 1.82) is 0 Å². The van der Waals surface area contributed by atoms with E-state index in [1.165, 1.54) is 0 Å². The molecule has 6 heteroatoms. The van der Waals surface area contributed by atoms with Crippen LogP contribution in [0.2, 0.25) is 0 Å². The van der Waals surface area contributed by atoms with E-state index in [4.69, 9.17) is 9.73 Å². The van der Waals surface area contributed by atoms with Crippen molar-refractivity contribution in [3.05, 3.63) is 65.2 Å². The first-order valence-electron chi connectivity index (χ1n) is 11.1. The molecule has 1 aliphatic rings. The van der Waals surface area contributed by atoms with Crippen molar-refractivity contribution in [2.75, 3.05) is 33.3 Å². The van der Waals surface area contributed by atoms with Crippen LogP contribution in [0.3, 0.4) is 0 Å². The average molecular weight is 423 g/mol. The van der Waals surface area contributed by atoms with Gasteiger partial charge in [-0.2, -0.15) is 0 Å². The molecule has 0 aromatic heterocycles. The number of aryl methyl sites for hydroxylation is 1. The third-order valence-electron chi connectivity index (χ3n) is 5.42. The summed E-state index contributed by atoms with van der Waals surface area (Å²) in [4.78, 5) is 20.7. The van der Waals surface area contributed by atoms with Crippen LogP contribution in [0.15, 0.2) is 53.5 Å². The fraction of sp³-hybridized carbons (Fsp3) is 0.440. The SMILES string of the molecule is CCNC(=NCc1cccc(CN2CCCC2=O)c1)N(C)CCOc1ccccc1C. The molecular weight excluding hydrogens is 388 g/mol. The first-order chi connectivity index (χ1) is 15.1. The molecular formula is C25H34N4O2. The Hall–Kier alpha value is -3.02. The van der Waals surface area contributed by atoms with Crippen LogP contribution in [-0.4, -0.2) is 55.0 Å². The van der Waals surface area contributed by atoms with Crippen molar-refractivity contribution >= 4 is 11.9 Å². The maximum Gasteiger partial charge on any atom is 0.222 e. The number of nitrogens with zero attached hydrogens (tertiary/aromatic N) is 3. The van der Waals surface area contributed by atoms with Crippen LogP contribution in [-0.2, 0) is 17.9 Å². The van der Waals surface area contributed by atoms with E-state index in [-0.39, 0.29) is 5.91 Å². The van der Waals surface area contributed by atoms with Crippen molar-refractivity contribution in [2.24, 2.45) is 4.99 Å². The van der Waals surface area contributed by atoms with E-state index in [1.54, 1.807) is 0 Å². The Morgan fingerprint density at radius 3 is 2.74 bits per heavy atom. The Kier molecular flexibility index (Phi) is 8.33. The zero-order valence-electron chi connectivity index (χ0n) is 18.9. The van der Waals surface area contributed by atoms with Gasteiger partial charge in [-0.3, -0.25) is 4.79 Å². The predicted molar refractivity (Wildman–Crippen MR) is 125 cm³/mol. The summed E-state index contributed by atoms with van der Waals surface area (Å²) in [5.41, 5.74) is 3.44. The van der Waals surface area contributed by atoms with Crippen LogP contribution >= 0.6 is 0 Å². The molecule has 1 amide bonds. The van der Waals surface area contributed by atoms with Crippen LogP contribution < -0.4 is 10.1 Å². The number of hydrogen-bond acceptors (Lipinski definition) is 3. The number of nitrogens with one attached hydrogen (secondary N) is 1. The van der Waals surface area contributed by atoms with Crippen molar-refractivity contribution in [1.82, 2.24) is 15.1 Å². The number of ether oxygens (including phenoxy) is 1. The summed E-state index contributed by atoms with van der Waals surface area (Å²) in [7, 11) is 2.03. The smallest absolute Gasteiger partial charge is 0.222 e. The van der Waals surface area contributed by atoms with Gasteiger partial charge in [0.05, 0.1) is 13.1 Å². The van der Waals surface area contributed by atoms with Gasteiger partial charge in [-0.15, -0.1) is 0 Å². The van der Waals surface area contributed by atoms with E-state index < -0.39 is 0 Å². The highest BCUT2D eigenvalue weighted by molar-refractivity contribution is 5.79. The summed E-state index contributed by atoms with van der Waals surface area (Å²) in [6.07, 6.45) is 1.64. The second kappa shape index (κ2) is 11.4. The second-order valence-electron chi connectivity index (χ2n) is 7.94. The normalized spacial score (nSPS) is 14.1. The maximum atomic E-state index is 11.9. The van der Waals surface area contributed by atoms with Crippen LogP contribution in [0.5, 0.6) is 5.75 Å². The second-order valence-corrected chi connectivity index (χ2v) is 7.94. The number of carbonyl (C=O) groups excluding carboxylic acids is 1. The fourth-order valence-corrected chi connectivity index (χ4v) is 3.67. The molecule has 1 N–H and O–H groups in total. The van der Waals surface area contributed by atoms with Gasteiger partial charge in [-0.05, 0) is 43.0 Å². The minimum Gasteiger partial charge on any atom is -0.491 e. The number of amides is 1. The summed E-state index contributed by atoms with van der Waals surface area (Å²) >= 11 is 0. The molecule has 0 atom stereocenters. The standard InChI is InChI=1S/C25H34N4O2/c1-4-26-25(28(3)15-16-31-23-12-6-5-9-20(23)2)27-18-21-10-7-11-22(17-21)19-29-14-8-13-24(29)30/h5-7,9-12,17H,4,8,13-16,18-19H2,1-3H3,(H,26,27).